The molecule has 0 spiro atoms. The Morgan fingerprint density at radius 3 is 2.58 bits per heavy atom. The molecule has 2 aromatic carbocycles. The Hall–Kier alpha value is -3.81. The van der Waals surface area contributed by atoms with Crippen LogP contribution >= 0.6 is 0 Å². The molecule has 0 aromatic heterocycles. The third-order valence-corrected chi connectivity index (χ3v) is 6.08. The van der Waals surface area contributed by atoms with Crippen molar-refractivity contribution in [2.24, 2.45) is 5.92 Å². The summed E-state index contributed by atoms with van der Waals surface area (Å²) >= 11 is 0. The number of amides is 3. The number of carbonyl (C=O) groups is 3. The molecule has 0 bridgehead atoms. The second kappa shape index (κ2) is 9.36. The van der Waals surface area contributed by atoms with Crippen molar-refractivity contribution in [3.63, 3.8) is 0 Å². The lowest BCUT2D eigenvalue weighted by atomic mass is 9.98. The first-order valence-corrected chi connectivity index (χ1v) is 10.7. The van der Waals surface area contributed by atoms with Crippen LogP contribution in [0.15, 0.2) is 55.1 Å². The second-order valence-electron chi connectivity index (χ2n) is 8.05. The molecule has 2 aromatic rings. The van der Waals surface area contributed by atoms with E-state index >= 15 is 0 Å². The van der Waals surface area contributed by atoms with Crippen molar-refractivity contribution in [2.75, 3.05) is 27.4 Å². The Kier molecular flexibility index (Phi) is 6.35. The summed E-state index contributed by atoms with van der Waals surface area (Å²) < 4.78 is 15.8. The van der Waals surface area contributed by atoms with Crippen LogP contribution in [0.1, 0.15) is 17.5 Å². The molecule has 2 saturated heterocycles. The van der Waals surface area contributed by atoms with Crippen molar-refractivity contribution < 1.29 is 28.6 Å². The highest BCUT2D eigenvalue weighted by Crippen LogP contribution is 2.32. The summed E-state index contributed by atoms with van der Waals surface area (Å²) in [7, 11) is 3.12. The number of imide groups is 1. The fraction of sp³-hybridized carbons (Fsp3) is 0.320. The summed E-state index contributed by atoms with van der Waals surface area (Å²) in [6.07, 6.45) is -0.671. The summed E-state index contributed by atoms with van der Waals surface area (Å²) in [5, 5.41) is 0. The Balaban J connectivity index is 1.48. The lowest BCUT2D eigenvalue weighted by Crippen LogP contribution is -2.43. The minimum atomic E-state index is -0.704. The van der Waals surface area contributed by atoms with E-state index in [2.05, 4.69) is 6.58 Å². The molecule has 3 amide bonds. The van der Waals surface area contributed by atoms with Gasteiger partial charge in [-0.3, -0.25) is 9.59 Å². The maximum absolute atomic E-state index is 13.3. The van der Waals surface area contributed by atoms with Gasteiger partial charge in [0.25, 0.3) is 0 Å². The molecule has 8 heteroatoms. The fourth-order valence-electron chi connectivity index (χ4n) is 4.24. The SMILES string of the molecule is C=C(c1ccccc1)[C@@H]1COC(=O)N1C(=O)[C@@H]1CC(=O)N(Cc2ccc(OC)cc2OC)C1. The van der Waals surface area contributed by atoms with Crippen LogP contribution in [0, 0.1) is 5.92 Å². The van der Waals surface area contributed by atoms with Crippen molar-refractivity contribution in [1.82, 2.24) is 9.80 Å². The normalized spacial score (nSPS) is 20.1. The fourth-order valence-corrected chi connectivity index (χ4v) is 4.24. The van der Waals surface area contributed by atoms with Gasteiger partial charge in [-0.05, 0) is 23.3 Å². The molecular weight excluding hydrogens is 424 g/mol. The van der Waals surface area contributed by atoms with Crippen molar-refractivity contribution in [3.8, 4) is 11.5 Å². The van der Waals surface area contributed by atoms with Gasteiger partial charge in [-0.2, -0.15) is 0 Å². The van der Waals surface area contributed by atoms with Gasteiger partial charge < -0.3 is 19.1 Å². The number of ether oxygens (including phenoxy) is 3. The van der Waals surface area contributed by atoms with E-state index in [0.717, 1.165) is 16.0 Å². The molecule has 2 fully saturated rings. The van der Waals surface area contributed by atoms with Gasteiger partial charge in [0.2, 0.25) is 11.8 Å². The number of nitrogens with zero attached hydrogens (tertiary/aromatic N) is 2. The molecule has 8 nitrogen and oxygen atoms in total. The maximum atomic E-state index is 13.3. The first kappa shape index (κ1) is 22.4. The van der Waals surface area contributed by atoms with Crippen LogP contribution in [0.4, 0.5) is 4.79 Å². The van der Waals surface area contributed by atoms with Crippen molar-refractivity contribution >= 4 is 23.5 Å². The average molecular weight is 450 g/mol. The Bertz CT molecular complexity index is 1080. The maximum Gasteiger partial charge on any atom is 0.417 e. The Morgan fingerprint density at radius 2 is 1.88 bits per heavy atom. The summed E-state index contributed by atoms with van der Waals surface area (Å²) in [6.45, 7) is 4.64. The molecule has 0 saturated carbocycles. The third-order valence-electron chi connectivity index (χ3n) is 6.08. The zero-order chi connectivity index (χ0) is 23.5. The quantitative estimate of drug-likeness (QED) is 0.644. The average Bonchev–Trinajstić information content (AvgIpc) is 3.41. The molecule has 0 aliphatic carbocycles. The van der Waals surface area contributed by atoms with E-state index in [1.54, 1.807) is 31.3 Å². The monoisotopic (exact) mass is 450 g/mol. The number of rotatable bonds is 7. The molecule has 2 aliphatic heterocycles. The van der Waals surface area contributed by atoms with Crippen molar-refractivity contribution in [1.29, 1.82) is 0 Å². The standard InChI is InChI=1S/C25H26N2O6/c1-16(17-7-5-4-6-8-17)21-15-33-25(30)27(21)24(29)19-11-23(28)26(14-19)13-18-9-10-20(31-2)12-22(18)32-3/h4-10,12,19,21H,1,11,13-15H2,2-3H3/t19-,21+/m1/s1. The number of likely N-dealkylation sites (tertiary alicyclic amines) is 1. The lowest BCUT2D eigenvalue weighted by Gasteiger charge is -2.24. The highest BCUT2D eigenvalue weighted by atomic mass is 16.6. The zero-order valence-electron chi connectivity index (χ0n) is 18.7. The summed E-state index contributed by atoms with van der Waals surface area (Å²) in [5.41, 5.74) is 2.25. The van der Waals surface area contributed by atoms with E-state index in [1.165, 1.54) is 0 Å². The summed E-state index contributed by atoms with van der Waals surface area (Å²) in [6, 6.07) is 14.1. The molecule has 0 radical (unpaired) electrons. The minimum Gasteiger partial charge on any atom is -0.497 e. The molecular formula is C25H26N2O6. The van der Waals surface area contributed by atoms with Gasteiger partial charge in [-0.15, -0.1) is 0 Å². The molecule has 0 unspecified atom stereocenters. The topological polar surface area (TPSA) is 85.4 Å². The van der Waals surface area contributed by atoms with E-state index < -0.39 is 24.0 Å². The van der Waals surface area contributed by atoms with Crippen molar-refractivity contribution in [2.45, 2.75) is 19.0 Å². The largest absolute Gasteiger partial charge is 0.497 e. The number of methoxy groups -OCH3 is 2. The molecule has 2 aliphatic rings. The van der Waals surface area contributed by atoms with E-state index in [4.69, 9.17) is 14.2 Å². The number of hydrogen-bond acceptors (Lipinski definition) is 6. The van der Waals surface area contributed by atoms with Gasteiger partial charge in [-0.25, -0.2) is 9.69 Å². The van der Waals surface area contributed by atoms with E-state index in [0.29, 0.717) is 23.6 Å². The molecule has 2 atom stereocenters. The second-order valence-corrected chi connectivity index (χ2v) is 8.05. The predicted octanol–water partition coefficient (Wildman–Crippen LogP) is 3.11. The van der Waals surface area contributed by atoms with Crippen LogP contribution in [0.5, 0.6) is 11.5 Å². The number of hydrogen-bond donors (Lipinski definition) is 0. The van der Waals surface area contributed by atoms with Crippen molar-refractivity contribution in [3.05, 3.63) is 66.2 Å². The summed E-state index contributed by atoms with van der Waals surface area (Å²) in [5.74, 6) is 0.0284. The molecule has 172 valence electrons. The van der Waals surface area contributed by atoms with Gasteiger partial charge in [0.05, 0.1) is 20.1 Å². The van der Waals surface area contributed by atoms with Gasteiger partial charge in [0.1, 0.15) is 24.1 Å². The van der Waals surface area contributed by atoms with Crippen LogP contribution in [0.2, 0.25) is 0 Å². The van der Waals surface area contributed by atoms with E-state index in [1.807, 2.05) is 36.4 Å². The van der Waals surface area contributed by atoms with Gasteiger partial charge in [0, 0.05) is 31.1 Å². The van der Waals surface area contributed by atoms with Crippen LogP contribution in [-0.4, -0.2) is 61.1 Å². The minimum absolute atomic E-state index is 0.0333. The number of benzene rings is 2. The van der Waals surface area contributed by atoms with Crippen LogP contribution < -0.4 is 9.47 Å². The van der Waals surface area contributed by atoms with Crippen LogP contribution in [0.25, 0.3) is 5.57 Å². The van der Waals surface area contributed by atoms with E-state index in [9.17, 15) is 14.4 Å². The van der Waals surface area contributed by atoms with Crippen LogP contribution in [-0.2, 0) is 20.9 Å². The van der Waals surface area contributed by atoms with Gasteiger partial charge in [-0.1, -0.05) is 36.9 Å². The molecule has 4 rings (SSSR count). The summed E-state index contributed by atoms with van der Waals surface area (Å²) in [4.78, 5) is 41.2. The third kappa shape index (κ3) is 4.41. The molecule has 2 heterocycles. The predicted molar refractivity (Wildman–Crippen MR) is 121 cm³/mol. The Morgan fingerprint density at radius 1 is 1.12 bits per heavy atom. The van der Waals surface area contributed by atoms with E-state index in [-0.39, 0.29) is 25.5 Å². The van der Waals surface area contributed by atoms with Gasteiger partial charge >= 0.3 is 6.09 Å². The first-order valence-electron chi connectivity index (χ1n) is 10.7. The van der Waals surface area contributed by atoms with Crippen LogP contribution in [0.3, 0.4) is 0 Å². The highest BCUT2D eigenvalue weighted by molar-refractivity contribution is 6.00. The zero-order valence-corrected chi connectivity index (χ0v) is 18.7. The molecule has 0 N–H and O–H groups in total. The first-order chi connectivity index (χ1) is 15.9. The Labute approximate surface area is 192 Å². The number of carbonyl (C=O) groups excluding carboxylic acids is 3. The number of cyclic esters (lactones) is 1. The van der Waals surface area contributed by atoms with Gasteiger partial charge in [0.15, 0.2) is 0 Å². The molecule has 33 heavy (non-hydrogen) atoms. The lowest BCUT2D eigenvalue weighted by molar-refractivity contribution is -0.133. The highest BCUT2D eigenvalue weighted by Gasteiger charge is 2.45. The smallest absolute Gasteiger partial charge is 0.417 e.